The molecule has 1 aromatic rings. The summed E-state index contributed by atoms with van der Waals surface area (Å²) in [5.41, 5.74) is 1.32. The first-order valence-corrected chi connectivity index (χ1v) is 6.32. The fraction of sp³-hybridized carbons (Fsp3) is 0.571. The molecule has 0 radical (unpaired) electrons. The smallest absolute Gasteiger partial charge is 0.135 e. The monoisotopic (exact) mass is 253 g/mol. The van der Waals surface area contributed by atoms with Crippen molar-refractivity contribution in [2.45, 2.75) is 25.4 Å². The van der Waals surface area contributed by atoms with E-state index in [1.807, 2.05) is 6.07 Å². The van der Waals surface area contributed by atoms with Crippen LogP contribution in [0.5, 0.6) is 5.75 Å². The molecule has 0 aromatic heterocycles. The zero-order valence-corrected chi connectivity index (χ0v) is 11.0. The van der Waals surface area contributed by atoms with Crippen LogP contribution < -0.4 is 10.1 Å². The molecule has 0 saturated carbocycles. The topological polar surface area (TPSA) is 30.5 Å². The molecular weight excluding hydrogens is 233 g/mol. The molecule has 0 unspecified atom stereocenters. The molecule has 1 saturated heterocycles. The molecule has 2 rings (SSSR count). The highest BCUT2D eigenvalue weighted by Crippen LogP contribution is 2.36. The van der Waals surface area contributed by atoms with Crippen molar-refractivity contribution < 1.29 is 13.9 Å². The van der Waals surface area contributed by atoms with E-state index in [0.29, 0.717) is 23.5 Å². The number of halogens is 1. The van der Waals surface area contributed by atoms with Crippen molar-refractivity contribution in [3.05, 3.63) is 29.1 Å². The Morgan fingerprint density at radius 3 is 2.61 bits per heavy atom. The quantitative estimate of drug-likeness (QED) is 0.894. The molecule has 100 valence electrons. The maximum atomic E-state index is 14.5. The van der Waals surface area contributed by atoms with E-state index in [0.717, 1.165) is 25.9 Å². The third-order valence-electron chi connectivity index (χ3n) is 3.49. The standard InChI is InChI=1S/C14H20FNO2/c1-17-9-11-3-4-12(18-2)13(14(11)15)10-5-7-16-8-6-10/h3-4,10,16H,5-9H2,1-2H3. The van der Waals surface area contributed by atoms with Crippen molar-refractivity contribution in [2.24, 2.45) is 0 Å². The highest BCUT2D eigenvalue weighted by molar-refractivity contribution is 5.41. The van der Waals surface area contributed by atoms with E-state index < -0.39 is 0 Å². The van der Waals surface area contributed by atoms with Gasteiger partial charge in [0.15, 0.2) is 0 Å². The van der Waals surface area contributed by atoms with Crippen molar-refractivity contribution in [1.29, 1.82) is 0 Å². The van der Waals surface area contributed by atoms with Crippen molar-refractivity contribution in [1.82, 2.24) is 5.32 Å². The summed E-state index contributed by atoms with van der Waals surface area (Å²) in [6.07, 6.45) is 1.90. The first-order valence-electron chi connectivity index (χ1n) is 6.32. The fourth-order valence-corrected chi connectivity index (χ4v) is 2.56. The van der Waals surface area contributed by atoms with Gasteiger partial charge in [-0.05, 0) is 37.9 Å². The summed E-state index contributed by atoms with van der Waals surface area (Å²) < 4.78 is 24.9. The number of methoxy groups -OCH3 is 2. The first-order chi connectivity index (χ1) is 8.77. The third kappa shape index (κ3) is 2.65. The van der Waals surface area contributed by atoms with Crippen LogP contribution in [0.4, 0.5) is 4.39 Å². The van der Waals surface area contributed by atoms with Crippen LogP contribution in [-0.2, 0) is 11.3 Å². The number of nitrogens with one attached hydrogen (secondary N) is 1. The van der Waals surface area contributed by atoms with Gasteiger partial charge in [0, 0.05) is 18.2 Å². The summed E-state index contributed by atoms with van der Waals surface area (Å²) in [6, 6.07) is 3.58. The highest BCUT2D eigenvalue weighted by Gasteiger charge is 2.24. The Bertz CT molecular complexity index is 403. The maximum Gasteiger partial charge on any atom is 0.135 e. The number of hydrogen-bond donors (Lipinski definition) is 1. The van der Waals surface area contributed by atoms with E-state index >= 15 is 0 Å². The second-order valence-electron chi connectivity index (χ2n) is 4.61. The lowest BCUT2D eigenvalue weighted by atomic mass is 9.88. The first kappa shape index (κ1) is 13.3. The lowest BCUT2D eigenvalue weighted by molar-refractivity contribution is 0.181. The maximum absolute atomic E-state index is 14.5. The van der Waals surface area contributed by atoms with Crippen molar-refractivity contribution in [2.75, 3.05) is 27.3 Å². The van der Waals surface area contributed by atoms with Gasteiger partial charge in [0.1, 0.15) is 11.6 Å². The summed E-state index contributed by atoms with van der Waals surface area (Å²) in [7, 11) is 3.17. The molecule has 0 amide bonds. The molecule has 0 bridgehead atoms. The fourth-order valence-electron chi connectivity index (χ4n) is 2.56. The number of piperidine rings is 1. The van der Waals surface area contributed by atoms with Crippen LogP contribution in [0.3, 0.4) is 0 Å². The molecule has 0 aliphatic carbocycles. The predicted molar refractivity (Wildman–Crippen MR) is 68.5 cm³/mol. The van der Waals surface area contributed by atoms with E-state index in [2.05, 4.69) is 5.32 Å². The summed E-state index contributed by atoms with van der Waals surface area (Å²) in [5.74, 6) is 0.723. The van der Waals surface area contributed by atoms with Crippen molar-refractivity contribution in [3.63, 3.8) is 0 Å². The van der Waals surface area contributed by atoms with Gasteiger partial charge < -0.3 is 14.8 Å². The molecule has 1 heterocycles. The SMILES string of the molecule is COCc1ccc(OC)c(C2CCNCC2)c1F. The average Bonchev–Trinajstić information content (AvgIpc) is 2.42. The van der Waals surface area contributed by atoms with Gasteiger partial charge in [-0.15, -0.1) is 0 Å². The Morgan fingerprint density at radius 2 is 2.00 bits per heavy atom. The summed E-state index contributed by atoms with van der Waals surface area (Å²) >= 11 is 0. The molecule has 0 spiro atoms. The van der Waals surface area contributed by atoms with Gasteiger partial charge in [0.25, 0.3) is 0 Å². The Kier molecular flexibility index (Phi) is 4.55. The second kappa shape index (κ2) is 6.16. The van der Waals surface area contributed by atoms with Gasteiger partial charge in [0.05, 0.1) is 13.7 Å². The molecule has 3 nitrogen and oxygen atoms in total. The number of ether oxygens (including phenoxy) is 2. The van der Waals surface area contributed by atoms with E-state index in [-0.39, 0.29) is 11.7 Å². The van der Waals surface area contributed by atoms with Gasteiger partial charge in [-0.3, -0.25) is 0 Å². The van der Waals surface area contributed by atoms with E-state index in [4.69, 9.17) is 9.47 Å². The lowest BCUT2D eigenvalue weighted by Gasteiger charge is -2.25. The van der Waals surface area contributed by atoms with Crippen LogP contribution >= 0.6 is 0 Å². The van der Waals surface area contributed by atoms with Crippen LogP contribution in [-0.4, -0.2) is 27.3 Å². The minimum atomic E-state index is -0.164. The Labute approximate surface area is 107 Å². The zero-order chi connectivity index (χ0) is 13.0. The third-order valence-corrected chi connectivity index (χ3v) is 3.49. The Balaban J connectivity index is 2.37. The zero-order valence-electron chi connectivity index (χ0n) is 11.0. The van der Waals surface area contributed by atoms with E-state index in [1.54, 1.807) is 20.3 Å². The number of rotatable bonds is 4. The molecule has 18 heavy (non-hydrogen) atoms. The molecule has 1 fully saturated rings. The highest BCUT2D eigenvalue weighted by atomic mass is 19.1. The summed E-state index contributed by atoms with van der Waals surface area (Å²) in [5, 5.41) is 3.29. The van der Waals surface area contributed by atoms with Crippen LogP contribution in [0, 0.1) is 5.82 Å². The summed E-state index contributed by atoms with van der Waals surface area (Å²) in [4.78, 5) is 0. The van der Waals surface area contributed by atoms with Gasteiger partial charge in [0.2, 0.25) is 0 Å². The van der Waals surface area contributed by atoms with Gasteiger partial charge in [-0.2, -0.15) is 0 Å². The minimum Gasteiger partial charge on any atom is -0.496 e. The van der Waals surface area contributed by atoms with Gasteiger partial charge in [-0.25, -0.2) is 4.39 Å². The Morgan fingerprint density at radius 1 is 1.28 bits per heavy atom. The van der Waals surface area contributed by atoms with Gasteiger partial charge in [-0.1, -0.05) is 6.07 Å². The minimum absolute atomic E-state index is 0.164. The number of benzene rings is 1. The molecule has 1 N–H and O–H groups in total. The lowest BCUT2D eigenvalue weighted by Crippen LogP contribution is -2.27. The molecule has 0 atom stereocenters. The Hall–Kier alpha value is -1.13. The van der Waals surface area contributed by atoms with Gasteiger partial charge >= 0.3 is 0 Å². The summed E-state index contributed by atoms with van der Waals surface area (Å²) in [6.45, 7) is 2.16. The van der Waals surface area contributed by atoms with Crippen molar-refractivity contribution >= 4 is 0 Å². The molecule has 1 aliphatic rings. The predicted octanol–water partition coefficient (Wildman–Crippen LogP) is 2.45. The average molecular weight is 253 g/mol. The van der Waals surface area contributed by atoms with E-state index in [1.165, 1.54) is 0 Å². The van der Waals surface area contributed by atoms with Crippen molar-refractivity contribution in [3.8, 4) is 5.75 Å². The van der Waals surface area contributed by atoms with Crippen LogP contribution in [0.15, 0.2) is 12.1 Å². The van der Waals surface area contributed by atoms with Crippen LogP contribution in [0.25, 0.3) is 0 Å². The molecule has 1 aromatic carbocycles. The molecular formula is C14H20FNO2. The second-order valence-corrected chi connectivity index (χ2v) is 4.61. The largest absolute Gasteiger partial charge is 0.496 e. The molecule has 1 aliphatic heterocycles. The normalized spacial score (nSPS) is 16.8. The van der Waals surface area contributed by atoms with E-state index in [9.17, 15) is 4.39 Å². The molecule has 4 heteroatoms. The number of hydrogen-bond acceptors (Lipinski definition) is 3. The van der Waals surface area contributed by atoms with Crippen LogP contribution in [0.2, 0.25) is 0 Å². The van der Waals surface area contributed by atoms with Crippen LogP contribution in [0.1, 0.15) is 29.9 Å².